The summed E-state index contributed by atoms with van der Waals surface area (Å²) < 4.78 is 8.72. The fourth-order valence-corrected chi connectivity index (χ4v) is 4.57. The van der Waals surface area contributed by atoms with Crippen LogP contribution in [-0.2, 0) is 6.54 Å². The van der Waals surface area contributed by atoms with Crippen LogP contribution in [0.4, 0.5) is 0 Å². The number of ether oxygens (including phenoxy) is 1. The van der Waals surface area contributed by atoms with Gasteiger partial charge >= 0.3 is 0 Å². The Labute approximate surface area is 135 Å². The van der Waals surface area contributed by atoms with Gasteiger partial charge in [-0.25, -0.2) is 0 Å². The van der Waals surface area contributed by atoms with Gasteiger partial charge in [0.1, 0.15) is 5.75 Å². The van der Waals surface area contributed by atoms with E-state index in [-0.39, 0.29) is 0 Å². The zero-order valence-electron chi connectivity index (χ0n) is 12.6. The summed E-state index contributed by atoms with van der Waals surface area (Å²) in [5.41, 5.74) is 2.24. The van der Waals surface area contributed by atoms with Crippen molar-refractivity contribution in [2.45, 2.75) is 43.4 Å². The Kier molecular flexibility index (Phi) is 4.31. The number of aromatic nitrogens is 2. The van der Waals surface area contributed by atoms with Crippen molar-refractivity contribution in [1.82, 2.24) is 9.55 Å². The highest BCUT2D eigenvalue weighted by Crippen LogP contribution is 2.40. The maximum atomic E-state index is 5.56. The van der Waals surface area contributed by atoms with E-state index in [1.807, 2.05) is 23.9 Å². The number of aromatic amines is 1. The molecule has 0 amide bonds. The number of imidazole rings is 1. The van der Waals surface area contributed by atoms with Crippen molar-refractivity contribution in [2.24, 2.45) is 0 Å². The highest BCUT2D eigenvalue weighted by atomic mass is 32.2. The molecule has 1 N–H and O–H groups in total. The summed E-state index contributed by atoms with van der Waals surface area (Å²) in [5, 5.41) is 0. The molecule has 1 aromatic heterocycles. The quantitative estimate of drug-likeness (QED) is 0.822. The minimum atomic E-state index is 0.339. The minimum Gasteiger partial charge on any atom is -0.497 e. The molecule has 0 atom stereocenters. The molecule has 0 spiro atoms. The Hall–Kier alpha value is -0.940. The number of benzene rings is 1. The van der Waals surface area contributed by atoms with Crippen molar-refractivity contribution in [2.75, 3.05) is 13.4 Å². The first-order valence-electron chi connectivity index (χ1n) is 7.49. The molecule has 1 saturated carbocycles. The maximum absolute atomic E-state index is 5.56. The zero-order chi connectivity index (χ0) is 14.9. The summed E-state index contributed by atoms with van der Waals surface area (Å²) in [7, 11) is 1.69. The topological polar surface area (TPSA) is 29.9 Å². The van der Waals surface area contributed by atoms with E-state index in [1.54, 1.807) is 7.11 Å². The van der Waals surface area contributed by atoms with Crippen molar-refractivity contribution in [3.8, 4) is 5.75 Å². The number of nitrogens with zero attached hydrogens (tertiary/aromatic N) is 1. The molecule has 0 saturated heterocycles. The fourth-order valence-electron chi connectivity index (χ4n) is 3.34. The lowest BCUT2D eigenvalue weighted by atomic mass is 9.88. The second-order valence-electron chi connectivity index (χ2n) is 5.85. The van der Waals surface area contributed by atoms with Crippen molar-refractivity contribution in [3.63, 3.8) is 0 Å². The van der Waals surface area contributed by atoms with Crippen LogP contribution in [0, 0.1) is 4.77 Å². The van der Waals surface area contributed by atoms with Crippen LogP contribution in [0.25, 0.3) is 11.0 Å². The van der Waals surface area contributed by atoms with Crippen molar-refractivity contribution in [1.29, 1.82) is 0 Å². The molecule has 114 valence electrons. The first-order valence-corrected chi connectivity index (χ1v) is 9.12. The van der Waals surface area contributed by atoms with Crippen molar-refractivity contribution >= 4 is 35.0 Å². The van der Waals surface area contributed by atoms with Gasteiger partial charge in [-0.1, -0.05) is 19.3 Å². The van der Waals surface area contributed by atoms with Gasteiger partial charge < -0.3 is 14.3 Å². The number of fused-ring (bicyclic) bond motifs is 1. The van der Waals surface area contributed by atoms with Gasteiger partial charge in [-0.15, -0.1) is 0 Å². The molecule has 0 unspecified atom stereocenters. The summed E-state index contributed by atoms with van der Waals surface area (Å²) in [4.78, 5) is 3.32. The van der Waals surface area contributed by atoms with E-state index in [1.165, 1.54) is 37.6 Å². The molecule has 21 heavy (non-hydrogen) atoms. The van der Waals surface area contributed by atoms with Crippen LogP contribution in [0.2, 0.25) is 0 Å². The van der Waals surface area contributed by atoms with E-state index < -0.39 is 0 Å². The molecule has 3 rings (SSSR count). The molecule has 1 heterocycles. The third-order valence-electron chi connectivity index (χ3n) is 4.63. The van der Waals surface area contributed by atoms with E-state index in [9.17, 15) is 0 Å². The van der Waals surface area contributed by atoms with Gasteiger partial charge in [-0.05, 0) is 43.4 Å². The molecule has 2 aromatic rings. The first kappa shape index (κ1) is 15.0. The predicted octanol–water partition coefficient (Wildman–Crippen LogP) is 4.77. The average molecular weight is 322 g/mol. The first-order chi connectivity index (χ1) is 10.2. The van der Waals surface area contributed by atoms with Crippen LogP contribution < -0.4 is 4.74 Å². The summed E-state index contributed by atoms with van der Waals surface area (Å²) in [6.07, 6.45) is 8.87. The average Bonchev–Trinajstić information content (AvgIpc) is 2.83. The van der Waals surface area contributed by atoms with Gasteiger partial charge in [0.15, 0.2) is 4.77 Å². The predicted molar refractivity (Wildman–Crippen MR) is 93.0 cm³/mol. The number of nitrogens with one attached hydrogen (secondary N) is 1. The van der Waals surface area contributed by atoms with Crippen LogP contribution >= 0.6 is 24.0 Å². The molecular weight excluding hydrogens is 300 g/mol. The van der Waals surface area contributed by atoms with Gasteiger partial charge in [0.05, 0.1) is 18.1 Å². The Morgan fingerprint density at radius 3 is 2.76 bits per heavy atom. The van der Waals surface area contributed by atoms with Crippen LogP contribution in [0.3, 0.4) is 0 Å². The van der Waals surface area contributed by atoms with Gasteiger partial charge in [0, 0.05) is 17.4 Å². The molecule has 1 aromatic carbocycles. The lowest BCUT2D eigenvalue weighted by molar-refractivity contribution is 0.360. The summed E-state index contributed by atoms with van der Waals surface area (Å²) >= 11 is 7.57. The molecule has 1 aliphatic rings. The number of rotatable bonds is 4. The molecule has 0 bridgehead atoms. The number of hydrogen-bond acceptors (Lipinski definition) is 3. The molecule has 0 aliphatic heterocycles. The Bertz CT molecular complexity index is 683. The lowest BCUT2D eigenvalue weighted by Gasteiger charge is -2.36. The van der Waals surface area contributed by atoms with E-state index in [0.717, 1.165) is 22.6 Å². The number of methoxy groups -OCH3 is 1. The SMILES string of the molecule is COc1ccc2c(c1)[nH]c(=S)n2CC1(SC)CCCCC1. The third-order valence-corrected chi connectivity index (χ3v) is 6.35. The van der Waals surface area contributed by atoms with Gasteiger partial charge in [-0.2, -0.15) is 11.8 Å². The monoisotopic (exact) mass is 322 g/mol. The highest BCUT2D eigenvalue weighted by molar-refractivity contribution is 8.00. The number of hydrogen-bond donors (Lipinski definition) is 1. The number of thioether (sulfide) groups is 1. The molecule has 3 nitrogen and oxygen atoms in total. The van der Waals surface area contributed by atoms with Crippen LogP contribution in [0.5, 0.6) is 5.75 Å². The minimum absolute atomic E-state index is 0.339. The maximum Gasteiger partial charge on any atom is 0.178 e. The van der Waals surface area contributed by atoms with E-state index in [2.05, 4.69) is 21.9 Å². The number of H-pyrrole nitrogens is 1. The van der Waals surface area contributed by atoms with Crippen molar-refractivity contribution in [3.05, 3.63) is 23.0 Å². The van der Waals surface area contributed by atoms with Gasteiger partial charge in [0.25, 0.3) is 0 Å². The van der Waals surface area contributed by atoms with Crippen LogP contribution in [0.1, 0.15) is 32.1 Å². The summed E-state index contributed by atoms with van der Waals surface area (Å²) in [6, 6.07) is 6.14. The second kappa shape index (κ2) is 6.05. The fraction of sp³-hybridized carbons (Fsp3) is 0.562. The second-order valence-corrected chi connectivity index (χ2v) is 7.51. The van der Waals surface area contributed by atoms with Crippen LogP contribution in [0.15, 0.2) is 18.2 Å². The smallest absolute Gasteiger partial charge is 0.178 e. The van der Waals surface area contributed by atoms with E-state index in [0.29, 0.717) is 4.75 Å². The van der Waals surface area contributed by atoms with Gasteiger partial charge in [-0.3, -0.25) is 0 Å². The van der Waals surface area contributed by atoms with Crippen LogP contribution in [-0.4, -0.2) is 27.7 Å². The Morgan fingerprint density at radius 2 is 2.10 bits per heavy atom. The molecule has 5 heteroatoms. The van der Waals surface area contributed by atoms with Crippen molar-refractivity contribution < 1.29 is 4.74 Å². The molecular formula is C16H22N2OS2. The summed E-state index contributed by atoms with van der Waals surface area (Å²) in [6.45, 7) is 0.999. The molecule has 0 radical (unpaired) electrons. The molecule has 1 aliphatic carbocycles. The standard InChI is InChI=1S/C16H22N2OS2/c1-19-12-6-7-14-13(10-12)17-15(20)18(14)11-16(21-2)8-4-3-5-9-16/h6-7,10H,3-5,8-9,11H2,1-2H3,(H,17,20). The zero-order valence-corrected chi connectivity index (χ0v) is 14.3. The van der Waals surface area contributed by atoms with Gasteiger partial charge in [0.2, 0.25) is 0 Å². The Balaban J connectivity index is 2.00. The normalized spacial score (nSPS) is 18.0. The van der Waals surface area contributed by atoms with E-state index >= 15 is 0 Å². The highest BCUT2D eigenvalue weighted by Gasteiger charge is 2.32. The van der Waals surface area contributed by atoms with E-state index in [4.69, 9.17) is 17.0 Å². The lowest BCUT2D eigenvalue weighted by Crippen LogP contribution is -2.33. The Morgan fingerprint density at radius 1 is 1.33 bits per heavy atom. The third kappa shape index (κ3) is 2.86. The molecule has 1 fully saturated rings. The summed E-state index contributed by atoms with van der Waals surface area (Å²) in [5.74, 6) is 0.864. The largest absolute Gasteiger partial charge is 0.497 e.